The molecule has 146 valence electrons. The molecule has 0 amide bonds. The van der Waals surface area contributed by atoms with Gasteiger partial charge in [0.05, 0.1) is 18.8 Å². The zero-order chi connectivity index (χ0) is 19.9. The number of benzene rings is 2. The number of aromatic nitrogens is 1. The summed E-state index contributed by atoms with van der Waals surface area (Å²) in [5, 5.41) is 11.7. The van der Waals surface area contributed by atoms with Gasteiger partial charge >= 0.3 is 5.97 Å². The van der Waals surface area contributed by atoms with Gasteiger partial charge in [0.2, 0.25) is 5.89 Å². The molecule has 3 rings (SSSR count). The fourth-order valence-corrected chi connectivity index (χ4v) is 2.84. The SMILES string of the molecule is Cc1oc(-c2ccccc2)nc1CCOc1ccc(C(C)NCC(=O)O)cc1. The van der Waals surface area contributed by atoms with Crippen LogP contribution in [0.2, 0.25) is 0 Å². The maximum absolute atomic E-state index is 10.6. The van der Waals surface area contributed by atoms with E-state index in [-0.39, 0.29) is 12.6 Å². The number of hydrogen-bond acceptors (Lipinski definition) is 5. The van der Waals surface area contributed by atoms with E-state index in [4.69, 9.17) is 14.3 Å². The zero-order valence-electron chi connectivity index (χ0n) is 16.0. The summed E-state index contributed by atoms with van der Waals surface area (Å²) in [6, 6.07) is 17.4. The molecular weight excluding hydrogens is 356 g/mol. The van der Waals surface area contributed by atoms with Gasteiger partial charge in [-0.1, -0.05) is 30.3 Å². The maximum Gasteiger partial charge on any atom is 0.317 e. The molecule has 0 saturated heterocycles. The summed E-state index contributed by atoms with van der Waals surface area (Å²) in [6.45, 7) is 4.26. The van der Waals surface area contributed by atoms with Crippen LogP contribution in [0.15, 0.2) is 59.0 Å². The molecule has 0 bridgehead atoms. The number of carboxylic acid groups (broad SMARTS) is 1. The van der Waals surface area contributed by atoms with Crippen LogP contribution in [0.5, 0.6) is 5.75 Å². The Kier molecular flexibility index (Phi) is 6.45. The Morgan fingerprint density at radius 2 is 1.89 bits per heavy atom. The van der Waals surface area contributed by atoms with Gasteiger partial charge in [-0.25, -0.2) is 4.98 Å². The topological polar surface area (TPSA) is 84.6 Å². The van der Waals surface area contributed by atoms with Gasteiger partial charge in [0.25, 0.3) is 0 Å². The number of carbonyl (C=O) groups is 1. The number of hydrogen-bond donors (Lipinski definition) is 2. The van der Waals surface area contributed by atoms with E-state index < -0.39 is 5.97 Å². The van der Waals surface area contributed by atoms with Gasteiger partial charge < -0.3 is 19.6 Å². The molecule has 6 heteroatoms. The quantitative estimate of drug-likeness (QED) is 0.584. The highest BCUT2D eigenvalue weighted by Gasteiger charge is 2.11. The molecule has 28 heavy (non-hydrogen) atoms. The molecule has 3 aromatic rings. The van der Waals surface area contributed by atoms with Crippen LogP contribution in [0.25, 0.3) is 11.5 Å². The summed E-state index contributed by atoms with van der Waals surface area (Å²) < 4.78 is 11.6. The lowest BCUT2D eigenvalue weighted by Crippen LogP contribution is -2.25. The molecule has 0 saturated carbocycles. The minimum absolute atomic E-state index is 0.0423. The smallest absolute Gasteiger partial charge is 0.317 e. The molecule has 0 aliphatic rings. The van der Waals surface area contributed by atoms with Crippen molar-refractivity contribution in [2.24, 2.45) is 0 Å². The summed E-state index contributed by atoms with van der Waals surface area (Å²) in [6.07, 6.45) is 0.653. The number of nitrogens with one attached hydrogen (secondary N) is 1. The molecule has 6 nitrogen and oxygen atoms in total. The van der Waals surface area contributed by atoms with Crippen molar-refractivity contribution in [3.8, 4) is 17.2 Å². The molecule has 0 fully saturated rings. The Labute approximate surface area is 164 Å². The van der Waals surface area contributed by atoms with Crippen LogP contribution in [-0.2, 0) is 11.2 Å². The lowest BCUT2D eigenvalue weighted by Gasteiger charge is -2.13. The average molecular weight is 380 g/mol. The van der Waals surface area contributed by atoms with Crippen molar-refractivity contribution in [3.05, 3.63) is 71.6 Å². The van der Waals surface area contributed by atoms with Crippen molar-refractivity contribution < 1.29 is 19.1 Å². The number of oxazole rings is 1. The number of nitrogens with zero attached hydrogens (tertiary/aromatic N) is 1. The summed E-state index contributed by atoms with van der Waals surface area (Å²) in [7, 11) is 0. The first-order chi connectivity index (χ1) is 13.5. The minimum Gasteiger partial charge on any atom is -0.493 e. The molecule has 1 heterocycles. The van der Waals surface area contributed by atoms with Gasteiger partial charge in [-0.3, -0.25) is 4.79 Å². The minimum atomic E-state index is -0.870. The fraction of sp³-hybridized carbons (Fsp3) is 0.273. The summed E-state index contributed by atoms with van der Waals surface area (Å²) in [5.74, 6) is 1.32. The number of ether oxygens (including phenoxy) is 1. The van der Waals surface area contributed by atoms with E-state index in [1.165, 1.54) is 0 Å². The molecule has 0 aliphatic heterocycles. The Balaban J connectivity index is 1.53. The molecular formula is C22H24N2O4. The van der Waals surface area contributed by atoms with Crippen LogP contribution in [0, 0.1) is 6.92 Å². The molecule has 1 atom stereocenters. The Bertz CT molecular complexity index is 904. The van der Waals surface area contributed by atoms with Gasteiger partial charge in [0, 0.05) is 18.0 Å². The van der Waals surface area contributed by atoms with E-state index in [1.54, 1.807) is 0 Å². The van der Waals surface area contributed by atoms with Gasteiger partial charge in [-0.2, -0.15) is 0 Å². The van der Waals surface area contributed by atoms with E-state index in [1.807, 2.05) is 68.4 Å². The van der Waals surface area contributed by atoms with Crippen molar-refractivity contribution in [2.45, 2.75) is 26.3 Å². The van der Waals surface area contributed by atoms with Crippen LogP contribution < -0.4 is 10.1 Å². The van der Waals surface area contributed by atoms with E-state index in [9.17, 15) is 4.79 Å². The summed E-state index contributed by atoms with van der Waals surface area (Å²) in [4.78, 5) is 15.2. The normalized spacial score (nSPS) is 11.9. The van der Waals surface area contributed by atoms with Crippen molar-refractivity contribution in [1.82, 2.24) is 10.3 Å². The van der Waals surface area contributed by atoms with E-state index in [0.717, 1.165) is 28.3 Å². The summed E-state index contributed by atoms with van der Waals surface area (Å²) >= 11 is 0. The number of rotatable bonds is 9. The summed E-state index contributed by atoms with van der Waals surface area (Å²) in [5.41, 5.74) is 2.86. The largest absolute Gasteiger partial charge is 0.493 e. The average Bonchev–Trinajstić information content (AvgIpc) is 3.08. The molecule has 1 aromatic heterocycles. The van der Waals surface area contributed by atoms with Gasteiger partial charge in [0.15, 0.2) is 0 Å². The first-order valence-corrected chi connectivity index (χ1v) is 9.22. The monoisotopic (exact) mass is 380 g/mol. The lowest BCUT2D eigenvalue weighted by molar-refractivity contribution is -0.136. The zero-order valence-corrected chi connectivity index (χ0v) is 16.0. The Hall–Kier alpha value is -3.12. The van der Waals surface area contributed by atoms with Gasteiger partial charge in [-0.15, -0.1) is 0 Å². The highest BCUT2D eigenvalue weighted by Crippen LogP contribution is 2.22. The van der Waals surface area contributed by atoms with Crippen LogP contribution >= 0.6 is 0 Å². The van der Waals surface area contributed by atoms with E-state index >= 15 is 0 Å². The highest BCUT2D eigenvalue weighted by molar-refractivity contribution is 5.69. The lowest BCUT2D eigenvalue weighted by atomic mass is 10.1. The second-order valence-electron chi connectivity index (χ2n) is 6.55. The highest BCUT2D eigenvalue weighted by atomic mass is 16.5. The number of aliphatic carboxylic acids is 1. The van der Waals surface area contributed by atoms with Crippen LogP contribution in [0.3, 0.4) is 0 Å². The van der Waals surface area contributed by atoms with Crippen molar-refractivity contribution in [2.75, 3.05) is 13.2 Å². The van der Waals surface area contributed by atoms with Crippen LogP contribution in [0.1, 0.15) is 30.0 Å². The van der Waals surface area contributed by atoms with E-state index in [2.05, 4.69) is 10.3 Å². The van der Waals surface area contributed by atoms with Crippen LogP contribution in [0.4, 0.5) is 0 Å². The van der Waals surface area contributed by atoms with Crippen LogP contribution in [-0.4, -0.2) is 29.2 Å². The predicted molar refractivity (Wildman–Crippen MR) is 106 cm³/mol. The molecule has 2 aromatic carbocycles. The van der Waals surface area contributed by atoms with Crippen molar-refractivity contribution >= 4 is 5.97 Å². The van der Waals surface area contributed by atoms with Crippen molar-refractivity contribution in [3.63, 3.8) is 0 Å². The number of carboxylic acids is 1. The molecule has 0 spiro atoms. The third-order valence-corrected chi connectivity index (χ3v) is 4.46. The second-order valence-corrected chi connectivity index (χ2v) is 6.55. The first-order valence-electron chi connectivity index (χ1n) is 9.22. The molecule has 0 aliphatic carbocycles. The Morgan fingerprint density at radius 1 is 1.18 bits per heavy atom. The fourth-order valence-electron chi connectivity index (χ4n) is 2.84. The predicted octanol–water partition coefficient (Wildman–Crippen LogP) is 4.01. The van der Waals surface area contributed by atoms with Gasteiger partial charge in [-0.05, 0) is 43.7 Å². The van der Waals surface area contributed by atoms with Crippen molar-refractivity contribution in [1.29, 1.82) is 0 Å². The first kappa shape index (κ1) is 19.6. The standard InChI is InChI=1S/C22H24N2O4/c1-15(23-14-21(25)26)17-8-10-19(11-9-17)27-13-12-20-16(2)28-22(24-20)18-6-4-3-5-7-18/h3-11,15,23H,12-14H2,1-2H3,(H,25,26). The van der Waals surface area contributed by atoms with Gasteiger partial charge in [0.1, 0.15) is 11.5 Å². The number of aryl methyl sites for hydroxylation is 1. The second kappa shape index (κ2) is 9.19. The third kappa shape index (κ3) is 5.20. The molecule has 0 radical (unpaired) electrons. The maximum atomic E-state index is 10.6. The third-order valence-electron chi connectivity index (χ3n) is 4.46. The molecule has 1 unspecified atom stereocenters. The van der Waals surface area contributed by atoms with E-state index in [0.29, 0.717) is 18.9 Å². The molecule has 2 N–H and O–H groups in total. The Morgan fingerprint density at radius 3 is 2.57 bits per heavy atom.